The maximum absolute atomic E-state index is 12.9. The normalized spacial score (nSPS) is 10.9. The van der Waals surface area contributed by atoms with Crippen LogP contribution in [0.4, 0.5) is 0 Å². The van der Waals surface area contributed by atoms with Crippen LogP contribution in [0, 0.1) is 0 Å². The molecule has 0 spiro atoms. The van der Waals surface area contributed by atoms with Crippen molar-refractivity contribution in [2.45, 2.75) is 6.04 Å². The summed E-state index contributed by atoms with van der Waals surface area (Å²) in [6, 6.07) is 22.5. The van der Waals surface area contributed by atoms with E-state index in [2.05, 4.69) is 52.4 Å². The fourth-order valence-corrected chi connectivity index (χ4v) is 4.22. The number of H-pyrrole nitrogens is 1. The Morgan fingerprint density at radius 2 is 1.47 bits per heavy atom. The number of carbonyl (C=O) groups is 1. The standard InChI is InChI=1S/C22H16Br2N4O2/c23-16-11-15(12-17(24)19(16)29)20-26-21(28-27-20)22(30)25-18(13-7-3-1-4-8-13)14-9-5-2-6-10-14/h1-12,18,29H,(H,25,30)(H,26,27,28). The lowest BCUT2D eigenvalue weighted by Crippen LogP contribution is -2.30. The summed E-state index contributed by atoms with van der Waals surface area (Å²) < 4.78 is 0.992. The molecular weight excluding hydrogens is 512 g/mol. The van der Waals surface area contributed by atoms with E-state index in [-0.39, 0.29) is 23.5 Å². The predicted octanol–water partition coefficient (Wildman–Crippen LogP) is 5.22. The van der Waals surface area contributed by atoms with Crippen LogP contribution in [0.25, 0.3) is 11.4 Å². The van der Waals surface area contributed by atoms with Crippen LogP contribution in [-0.2, 0) is 0 Å². The number of halogens is 2. The maximum atomic E-state index is 12.9. The van der Waals surface area contributed by atoms with Crippen LogP contribution < -0.4 is 5.32 Å². The van der Waals surface area contributed by atoms with Gasteiger partial charge in [-0.3, -0.25) is 9.89 Å². The van der Waals surface area contributed by atoms with Gasteiger partial charge in [0.05, 0.1) is 15.0 Å². The topological polar surface area (TPSA) is 90.9 Å². The Morgan fingerprint density at radius 1 is 0.933 bits per heavy atom. The number of hydrogen-bond acceptors (Lipinski definition) is 4. The van der Waals surface area contributed by atoms with Gasteiger partial charge in [-0.15, -0.1) is 0 Å². The van der Waals surface area contributed by atoms with Crippen LogP contribution in [-0.4, -0.2) is 26.2 Å². The number of phenolic OH excluding ortho intramolecular Hbond substituents is 1. The minimum Gasteiger partial charge on any atom is -0.506 e. The molecule has 0 saturated heterocycles. The van der Waals surface area contributed by atoms with E-state index in [0.717, 1.165) is 11.1 Å². The van der Waals surface area contributed by atoms with Gasteiger partial charge in [0, 0.05) is 5.56 Å². The molecule has 8 heteroatoms. The first kappa shape index (κ1) is 20.3. The molecular formula is C22H16Br2N4O2. The minimum absolute atomic E-state index is 0.0841. The third-order valence-corrected chi connectivity index (χ3v) is 5.73. The number of aromatic nitrogens is 3. The first-order valence-corrected chi connectivity index (χ1v) is 10.6. The average Bonchev–Trinajstić information content (AvgIpc) is 3.27. The van der Waals surface area contributed by atoms with Crippen molar-refractivity contribution in [1.29, 1.82) is 0 Å². The van der Waals surface area contributed by atoms with Crippen molar-refractivity contribution in [2.75, 3.05) is 0 Å². The molecule has 0 saturated carbocycles. The number of aromatic amines is 1. The van der Waals surface area contributed by atoms with Crippen molar-refractivity contribution >= 4 is 37.8 Å². The van der Waals surface area contributed by atoms with Crippen LogP contribution in [0.3, 0.4) is 0 Å². The molecule has 3 aromatic carbocycles. The van der Waals surface area contributed by atoms with Crippen molar-refractivity contribution < 1.29 is 9.90 Å². The molecule has 6 nitrogen and oxygen atoms in total. The molecule has 1 amide bonds. The Bertz CT molecular complexity index is 1120. The van der Waals surface area contributed by atoms with Gasteiger partial charge in [0.2, 0.25) is 5.82 Å². The van der Waals surface area contributed by atoms with Crippen molar-refractivity contribution in [3.05, 3.63) is 98.7 Å². The molecule has 3 N–H and O–H groups in total. The van der Waals surface area contributed by atoms with Gasteiger partial charge in [-0.25, -0.2) is 4.98 Å². The van der Waals surface area contributed by atoms with Gasteiger partial charge in [-0.1, -0.05) is 60.7 Å². The largest absolute Gasteiger partial charge is 0.506 e. The third kappa shape index (κ3) is 4.29. The number of hydrogen-bond donors (Lipinski definition) is 3. The molecule has 0 fully saturated rings. The van der Waals surface area contributed by atoms with Gasteiger partial charge in [-0.05, 0) is 55.1 Å². The lowest BCUT2D eigenvalue weighted by Gasteiger charge is -2.19. The summed E-state index contributed by atoms with van der Waals surface area (Å²) >= 11 is 6.58. The number of nitrogens with one attached hydrogen (secondary N) is 2. The molecule has 4 rings (SSSR count). The summed E-state index contributed by atoms with van der Waals surface area (Å²) in [5.74, 6) is 0.156. The van der Waals surface area contributed by atoms with Gasteiger partial charge in [0.1, 0.15) is 5.75 Å². The van der Waals surface area contributed by atoms with Crippen molar-refractivity contribution in [2.24, 2.45) is 0 Å². The zero-order valence-corrected chi connectivity index (χ0v) is 18.7. The molecule has 1 aromatic heterocycles. The van der Waals surface area contributed by atoms with Gasteiger partial charge < -0.3 is 10.4 Å². The summed E-state index contributed by atoms with van der Waals surface area (Å²) in [5, 5.41) is 19.8. The molecule has 0 unspecified atom stereocenters. The quantitative estimate of drug-likeness (QED) is 0.332. The summed E-state index contributed by atoms with van der Waals surface area (Å²) in [6.07, 6.45) is 0. The maximum Gasteiger partial charge on any atom is 0.289 e. The Hall–Kier alpha value is -2.97. The smallest absolute Gasteiger partial charge is 0.289 e. The van der Waals surface area contributed by atoms with E-state index >= 15 is 0 Å². The van der Waals surface area contributed by atoms with Crippen molar-refractivity contribution in [3.8, 4) is 17.1 Å². The summed E-state index contributed by atoms with van der Waals surface area (Å²) in [6.45, 7) is 0. The van der Waals surface area contributed by atoms with Crippen LogP contribution in [0.5, 0.6) is 5.75 Å². The predicted molar refractivity (Wildman–Crippen MR) is 121 cm³/mol. The number of phenols is 1. The average molecular weight is 528 g/mol. The summed E-state index contributed by atoms with van der Waals surface area (Å²) in [4.78, 5) is 17.3. The monoisotopic (exact) mass is 526 g/mol. The van der Waals surface area contributed by atoms with E-state index < -0.39 is 0 Å². The van der Waals surface area contributed by atoms with Crippen molar-refractivity contribution in [3.63, 3.8) is 0 Å². The Balaban J connectivity index is 1.61. The van der Waals surface area contributed by atoms with Crippen LogP contribution in [0.2, 0.25) is 0 Å². The molecule has 4 aromatic rings. The molecule has 0 bridgehead atoms. The second kappa shape index (κ2) is 8.81. The number of carbonyl (C=O) groups excluding carboxylic acids is 1. The number of rotatable bonds is 5. The summed E-state index contributed by atoms with van der Waals surface area (Å²) in [5.41, 5.74) is 2.57. The fourth-order valence-electron chi connectivity index (χ4n) is 3.04. The fraction of sp³-hybridized carbons (Fsp3) is 0.0455. The van der Waals surface area contributed by atoms with E-state index in [0.29, 0.717) is 20.3 Å². The number of nitrogens with zero attached hydrogens (tertiary/aromatic N) is 2. The highest BCUT2D eigenvalue weighted by Gasteiger charge is 2.21. The van der Waals surface area contributed by atoms with E-state index in [1.165, 1.54) is 0 Å². The molecule has 0 aliphatic rings. The molecule has 1 heterocycles. The second-order valence-electron chi connectivity index (χ2n) is 6.52. The molecule has 0 radical (unpaired) electrons. The highest BCUT2D eigenvalue weighted by Crippen LogP contribution is 2.36. The lowest BCUT2D eigenvalue weighted by atomic mass is 9.99. The van der Waals surface area contributed by atoms with E-state index in [1.54, 1.807) is 12.1 Å². The van der Waals surface area contributed by atoms with E-state index in [4.69, 9.17) is 0 Å². The van der Waals surface area contributed by atoms with Gasteiger partial charge in [0.15, 0.2) is 5.82 Å². The van der Waals surface area contributed by atoms with Crippen molar-refractivity contribution in [1.82, 2.24) is 20.5 Å². The third-order valence-electron chi connectivity index (χ3n) is 4.52. The van der Waals surface area contributed by atoms with E-state index in [9.17, 15) is 9.90 Å². The number of benzene rings is 3. The van der Waals surface area contributed by atoms with Gasteiger partial charge >= 0.3 is 0 Å². The molecule has 30 heavy (non-hydrogen) atoms. The first-order valence-electron chi connectivity index (χ1n) is 9.04. The molecule has 0 aliphatic heterocycles. The summed E-state index contributed by atoms with van der Waals surface area (Å²) in [7, 11) is 0. The Morgan fingerprint density at radius 3 is 2.00 bits per heavy atom. The van der Waals surface area contributed by atoms with E-state index in [1.807, 2.05) is 60.7 Å². The highest BCUT2D eigenvalue weighted by molar-refractivity contribution is 9.11. The zero-order chi connectivity index (χ0) is 21.1. The molecule has 150 valence electrons. The Kier molecular flexibility index (Phi) is 5.96. The van der Waals surface area contributed by atoms with Gasteiger partial charge in [0.25, 0.3) is 5.91 Å². The second-order valence-corrected chi connectivity index (χ2v) is 8.23. The number of amides is 1. The minimum atomic E-state index is -0.372. The van der Waals surface area contributed by atoms with Crippen LogP contribution >= 0.6 is 31.9 Å². The zero-order valence-electron chi connectivity index (χ0n) is 15.5. The highest BCUT2D eigenvalue weighted by atomic mass is 79.9. The van der Waals surface area contributed by atoms with Crippen LogP contribution in [0.15, 0.2) is 81.7 Å². The Labute approximate surface area is 189 Å². The number of aromatic hydroxyl groups is 1. The van der Waals surface area contributed by atoms with Crippen LogP contribution in [0.1, 0.15) is 27.8 Å². The lowest BCUT2D eigenvalue weighted by molar-refractivity contribution is 0.0933. The van der Waals surface area contributed by atoms with Gasteiger partial charge in [-0.2, -0.15) is 5.10 Å². The first-order chi connectivity index (χ1) is 14.5. The molecule has 0 atom stereocenters. The SMILES string of the molecule is O=C(NC(c1ccccc1)c1ccccc1)c1nc(-c2cc(Br)c(O)c(Br)c2)n[nH]1. The molecule has 0 aliphatic carbocycles.